The molecule has 1 aliphatic rings. The molecule has 1 unspecified atom stereocenters. The molecule has 1 fully saturated rings. The Morgan fingerprint density at radius 1 is 1.80 bits per heavy atom. The molecule has 58 valence electrons. The van der Waals surface area contributed by atoms with E-state index in [9.17, 15) is 9.90 Å². The Bertz CT molecular complexity index is 155. The SMILES string of the molecule is CN1CC(=O)OC(C)(O)C1. The fourth-order valence-electron chi connectivity index (χ4n) is 1.09. The molecule has 0 radical (unpaired) electrons. The van der Waals surface area contributed by atoms with Crippen LogP contribution in [0.2, 0.25) is 0 Å². The van der Waals surface area contributed by atoms with Gasteiger partial charge in [-0.15, -0.1) is 0 Å². The second kappa shape index (κ2) is 2.21. The average Bonchev–Trinajstić information content (AvgIpc) is 1.54. The van der Waals surface area contributed by atoms with Crippen LogP contribution in [0.15, 0.2) is 0 Å². The summed E-state index contributed by atoms with van der Waals surface area (Å²) in [5, 5.41) is 9.23. The van der Waals surface area contributed by atoms with Crippen molar-refractivity contribution in [3.63, 3.8) is 0 Å². The van der Waals surface area contributed by atoms with Gasteiger partial charge in [0.25, 0.3) is 0 Å². The lowest BCUT2D eigenvalue weighted by molar-refractivity contribution is -0.222. The van der Waals surface area contributed by atoms with Crippen LogP contribution in [0.5, 0.6) is 0 Å². The van der Waals surface area contributed by atoms with Crippen molar-refractivity contribution < 1.29 is 14.6 Å². The average molecular weight is 145 g/mol. The minimum Gasteiger partial charge on any atom is -0.431 e. The summed E-state index contributed by atoms with van der Waals surface area (Å²) in [5.41, 5.74) is 0. The third-order valence-corrected chi connectivity index (χ3v) is 1.30. The number of nitrogens with zero attached hydrogens (tertiary/aromatic N) is 1. The molecule has 10 heavy (non-hydrogen) atoms. The van der Waals surface area contributed by atoms with Gasteiger partial charge in [0, 0.05) is 6.92 Å². The molecule has 0 amide bonds. The number of β-amino-alcohol motifs (C(OH)–C–C–N with tert-alkyl or cyclic N) is 1. The van der Waals surface area contributed by atoms with Crippen LogP contribution >= 0.6 is 0 Å². The molecule has 4 nitrogen and oxygen atoms in total. The number of hydrogen-bond donors (Lipinski definition) is 1. The maximum absolute atomic E-state index is 10.7. The predicted octanol–water partition coefficient (Wildman–Crippen LogP) is -0.817. The number of ether oxygens (including phenoxy) is 1. The lowest BCUT2D eigenvalue weighted by atomic mass is 10.2. The summed E-state index contributed by atoms with van der Waals surface area (Å²) in [6.07, 6.45) is 0. The normalized spacial score (nSPS) is 35.7. The van der Waals surface area contributed by atoms with Crippen LogP contribution in [-0.2, 0) is 9.53 Å². The number of aliphatic hydroxyl groups is 1. The number of likely N-dealkylation sites (N-methyl/N-ethyl adjacent to an activating group) is 1. The van der Waals surface area contributed by atoms with Crippen LogP contribution < -0.4 is 0 Å². The largest absolute Gasteiger partial charge is 0.431 e. The minimum absolute atomic E-state index is 0.260. The number of esters is 1. The molecule has 1 atom stereocenters. The molecular weight excluding hydrogens is 134 g/mol. The minimum atomic E-state index is -1.30. The van der Waals surface area contributed by atoms with Crippen LogP contribution in [-0.4, -0.2) is 41.9 Å². The summed E-state index contributed by atoms with van der Waals surface area (Å²) in [7, 11) is 1.76. The maximum Gasteiger partial charge on any atom is 0.322 e. The van der Waals surface area contributed by atoms with Crippen LogP contribution in [0, 0.1) is 0 Å². The van der Waals surface area contributed by atoms with E-state index in [-0.39, 0.29) is 12.5 Å². The summed E-state index contributed by atoms with van der Waals surface area (Å²) in [6, 6.07) is 0. The molecule has 0 aliphatic carbocycles. The second-order valence-electron chi connectivity index (χ2n) is 2.82. The molecule has 0 aromatic carbocycles. The first kappa shape index (κ1) is 7.50. The fraction of sp³-hybridized carbons (Fsp3) is 0.833. The number of carbonyl (C=O) groups is 1. The Hall–Kier alpha value is -0.610. The third kappa shape index (κ3) is 1.68. The number of hydrogen-bond acceptors (Lipinski definition) is 4. The van der Waals surface area contributed by atoms with Crippen molar-refractivity contribution in [2.45, 2.75) is 12.7 Å². The molecule has 1 N–H and O–H groups in total. The van der Waals surface area contributed by atoms with Crippen molar-refractivity contribution in [1.82, 2.24) is 4.90 Å². The van der Waals surface area contributed by atoms with E-state index in [1.165, 1.54) is 6.92 Å². The predicted molar refractivity (Wildman–Crippen MR) is 34.2 cm³/mol. The number of cyclic esters (lactones) is 1. The molecule has 0 saturated carbocycles. The summed E-state index contributed by atoms with van der Waals surface area (Å²) in [6.45, 7) is 2.11. The third-order valence-electron chi connectivity index (χ3n) is 1.30. The number of rotatable bonds is 0. The molecule has 1 aliphatic heterocycles. The van der Waals surface area contributed by atoms with Gasteiger partial charge in [0.05, 0.1) is 13.1 Å². The molecule has 0 aromatic rings. The highest BCUT2D eigenvalue weighted by Gasteiger charge is 2.32. The summed E-state index contributed by atoms with van der Waals surface area (Å²) in [4.78, 5) is 12.4. The van der Waals surface area contributed by atoms with Gasteiger partial charge in [0.15, 0.2) is 0 Å². The second-order valence-corrected chi connectivity index (χ2v) is 2.82. The van der Waals surface area contributed by atoms with Crippen molar-refractivity contribution in [2.75, 3.05) is 20.1 Å². The fourth-order valence-corrected chi connectivity index (χ4v) is 1.09. The zero-order chi connectivity index (χ0) is 7.78. The quantitative estimate of drug-likeness (QED) is 0.453. The van der Waals surface area contributed by atoms with Gasteiger partial charge in [-0.1, -0.05) is 0 Å². The monoisotopic (exact) mass is 145 g/mol. The van der Waals surface area contributed by atoms with Gasteiger partial charge in [0.1, 0.15) is 0 Å². The number of carbonyl (C=O) groups excluding carboxylic acids is 1. The van der Waals surface area contributed by atoms with Gasteiger partial charge in [0.2, 0.25) is 5.79 Å². The van der Waals surface area contributed by atoms with Gasteiger partial charge in [-0.2, -0.15) is 0 Å². The topological polar surface area (TPSA) is 49.8 Å². The Morgan fingerprint density at radius 3 is 2.80 bits per heavy atom. The van der Waals surface area contributed by atoms with Crippen LogP contribution in [0.4, 0.5) is 0 Å². The molecule has 0 bridgehead atoms. The van der Waals surface area contributed by atoms with E-state index in [4.69, 9.17) is 0 Å². The van der Waals surface area contributed by atoms with E-state index in [0.29, 0.717) is 6.54 Å². The number of morpholine rings is 1. The van der Waals surface area contributed by atoms with Gasteiger partial charge in [-0.25, -0.2) is 0 Å². The standard InChI is InChI=1S/C6H11NO3/c1-6(9)4-7(2)3-5(8)10-6/h9H,3-4H2,1-2H3. The van der Waals surface area contributed by atoms with E-state index in [0.717, 1.165) is 0 Å². The van der Waals surface area contributed by atoms with E-state index in [1.807, 2.05) is 0 Å². The van der Waals surface area contributed by atoms with Crippen molar-refractivity contribution in [3.8, 4) is 0 Å². The highest BCUT2D eigenvalue weighted by Crippen LogP contribution is 2.12. The molecule has 1 rings (SSSR count). The van der Waals surface area contributed by atoms with Crippen LogP contribution in [0.3, 0.4) is 0 Å². The molecule has 4 heteroatoms. The molecule has 0 aromatic heterocycles. The maximum atomic E-state index is 10.7. The van der Waals surface area contributed by atoms with Gasteiger partial charge in [-0.05, 0) is 7.05 Å². The molecule has 0 spiro atoms. The van der Waals surface area contributed by atoms with Crippen molar-refractivity contribution >= 4 is 5.97 Å². The highest BCUT2D eigenvalue weighted by atomic mass is 16.7. The summed E-state index contributed by atoms with van der Waals surface area (Å²) >= 11 is 0. The van der Waals surface area contributed by atoms with E-state index in [2.05, 4.69) is 4.74 Å². The summed E-state index contributed by atoms with van der Waals surface area (Å²) in [5.74, 6) is -1.68. The van der Waals surface area contributed by atoms with Crippen molar-refractivity contribution in [3.05, 3.63) is 0 Å². The van der Waals surface area contributed by atoms with Crippen LogP contribution in [0.1, 0.15) is 6.92 Å². The first-order valence-corrected chi connectivity index (χ1v) is 3.12. The zero-order valence-corrected chi connectivity index (χ0v) is 6.13. The van der Waals surface area contributed by atoms with Crippen molar-refractivity contribution in [1.29, 1.82) is 0 Å². The Morgan fingerprint density at radius 2 is 2.40 bits per heavy atom. The Balaban J connectivity index is 2.59. The Kier molecular flexibility index (Phi) is 1.66. The first-order valence-electron chi connectivity index (χ1n) is 3.12. The summed E-state index contributed by atoms with van der Waals surface area (Å²) < 4.78 is 4.62. The highest BCUT2D eigenvalue weighted by molar-refractivity contribution is 5.72. The van der Waals surface area contributed by atoms with E-state index >= 15 is 0 Å². The smallest absolute Gasteiger partial charge is 0.322 e. The molecule has 1 saturated heterocycles. The van der Waals surface area contributed by atoms with E-state index < -0.39 is 5.79 Å². The van der Waals surface area contributed by atoms with Crippen LogP contribution in [0.25, 0.3) is 0 Å². The Labute approximate surface area is 59.4 Å². The first-order chi connectivity index (χ1) is 4.49. The zero-order valence-electron chi connectivity index (χ0n) is 6.13. The molecular formula is C6H11NO3. The van der Waals surface area contributed by atoms with Gasteiger partial charge < -0.3 is 9.84 Å². The molecule has 1 heterocycles. The van der Waals surface area contributed by atoms with Gasteiger partial charge >= 0.3 is 5.97 Å². The van der Waals surface area contributed by atoms with Gasteiger partial charge in [-0.3, -0.25) is 9.69 Å². The lowest BCUT2D eigenvalue weighted by Crippen LogP contribution is -2.50. The van der Waals surface area contributed by atoms with E-state index in [1.54, 1.807) is 11.9 Å². The lowest BCUT2D eigenvalue weighted by Gasteiger charge is -2.33. The van der Waals surface area contributed by atoms with Crippen molar-refractivity contribution in [2.24, 2.45) is 0 Å².